The first-order valence-corrected chi connectivity index (χ1v) is 11.2. The van der Waals surface area contributed by atoms with Gasteiger partial charge < -0.3 is 29.1 Å². The zero-order valence-electron chi connectivity index (χ0n) is 21.5. The molecule has 0 saturated heterocycles. The van der Waals surface area contributed by atoms with Crippen LogP contribution < -0.4 is 9.80 Å². The van der Waals surface area contributed by atoms with Crippen LogP contribution in [0.4, 0.5) is 11.6 Å². The van der Waals surface area contributed by atoms with Gasteiger partial charge in [-0.05, 0) is 12.8 Å². The molecule has 0 fully saturated rings. The number of carbonyl (C=O) groups is 4. The van der Waals surface area contributed by atoms with Gasteiger partial charge in [0.2, 0.25) is 0 Å². The second kappa shape index (κ2) is 16.3. The minimum absolute atomic E-state index is 0.0676. The fourth-order valence-electron chi connectivity index (χ4n) is 2.94. The molecule has 2 aromatic heterocycles. The highest BCUT2D eigenvalue weighted by Gasteiger charge is 2.18. The van der Waals surface area contributed by atoms with E-state index in [4.69, 9.17) is 5.11 Å². The number of hydrogen-bond donors (Lipinski definition) is 1. The van der Waals surface area contributed by atoms with Gasteiger partial charge >= 0.3 is 23.9 Å². The van der Waals surface area contributed by atoms with Crippen LogP contribution in [0.3, 0.4) is 0 Å². The highest BCUT2D eigenvalue weighted by Crippen LogP contribution is 2.16. The Hall–Kier alpha value is -4.36. The molecule has 37 heavy (non-hydrogen) atoms. The zero-order valence-corrected chi connectivity index (χ0v) is 21.5. The molecule has 2 heterocycles. The van der Waals surface area contributed by atoms with E-state index >= 15 is 0 Å². The second-order valence-electron chi connectivity index (χ2n) is 7.46. The SMILES string of the molecule is COC(=O)CCCN(C)c1nccnc1C(=O)OC.COC(=O)c1nccnc1N(C)CCCC(=O)O. The number of ether oxygens (including phenoxy) is 3. The van der Waals surface area contributed by atoms with Crippen LogP contribution in [0.2, 0.25) is 0 Å². The van der Waals surface area contributed by atoms with Crippen molar-refractivity contribution in [2.24, 2.45) is 0 Å². The zero-order chi connectivity index (χ0) is 27.8. The number of anilines is 2. The summed E-state index contributed by atoms with van der Waals surface area (Å²) in [6, 6.07) is 0. The number of carbonyl (C=O) groups excluding carboxylic acids is 3. The number of methoxy groups -OCH3 is 3. The number of carboxylic acids is 1. The van der Waals surface area contributed by atoms with Crippen molar-refractivity contribution >= 4 is 35.5 Å². The molecule has 0 aliphatic carbocycles. The van der Waals surface area contributed by atoms with Gasteiger partial charge in [0.05, 0.1) is 21.3 Å². The molecule has 0 atom stereocenters. The summed E-state index contributed by atoms with van der Waals surface area (Å²) in [5.41, 5.74) is 0.281. The van der Waals surface area contributed by atoms with Crippen molar-refractivity contribution in [3.63, 3.8) is 0 Å². The Morgan fingerprint density at radius 1 is 0.703 bits per heavy atom. The van der Waals surface area contributed by atoms with Crippen LogP contribution in [0.15, 0.2) is 24.8 Å². The Balaban J connectivity index is 0.000000371. The summed E-state index contributed by atoms with van der Waals surface area (Å²) in [4.78, 5) is 63.9. The first kappa shape index (κ1) is 30.7. The van der Waals surface area contributed by atoms with Crippen LogP contribution in [0.5, 0.6) is 0 Å². The Morgan fingerprint density at radius 3 is 1.49 bits per heavy atom. The highest BCUT2D eigenvalue weighted by atomic mass is 16.5. The first-order valence-electron chi connectivity index (χ1n) is 11.2. The average Bonchev–Trinajstić information content (AvgIpc) is 2.91. The van der Waals surface area contributed by atoms with Gasteiger partial charge in [-0.15, -0.1) is 0 Å². The molecule has 2 aromatic rings. The molecule has 14 nitrogen and oxygen atoms in total. The summed E-state index contributed by atoms with van der Waals surface area (Å²) in [5.74, 6) is -1.41. The van der Waals surface area contributed by atoms with E-state index < -0.39 is 17.9 Å². The summed E-state index contributed by atoms with van der Waals surface area (Å²) in [6.45, 7) is 1.02. The van der Waals surface area contributed by atoms with E-state index in [-0.39, 0.29) is 23.8 Å². The number of nitrogens with zero attached hydrogens (tertiary/aromatic N) is 6. The number of carboxylic acid groups (broad SMARTS) is 1. The predicted molar refractivity (Wildman–Crippen MR) is 131 cm³/mol. The van der Waals surface area contributed by atoms with Gasteiger partial charge in [0.15, 0.2) is 23.0 Å². The third kappa shape index (κ3) is 10.4. The molecule has 0 bridgehead atoms. The van der Waals surface area contributed by atoms with Crippen LogP contribution in [0, 0.1) is 0 Å². The maximum absolute atomic E-state index is 11.5. The van der Waals surface area contributed by atoms with Crippen LogP contribution >= 0.6 is 0 Å². The predicted octanol–water partition coefficient (Wildman–Crippen LogP) is 1.22. The van der Waals surface area contributed by atoms with Gasteiger partial charge in [0.1, 0.15) is 0 Å². The number of aromatic nitrogens is 4. The smallest absolute Gasteiger partial charge is 0.360 e. The maximum Gasteiger partial charge on any atom is 0.360 e. The van der Waals surface area contributed by atoms with E-state index in [1.54, 1.807) is 23.9 Å². The van der Waals surface area contributed by atoms with Gasteiger partial charge in [-0.1, -0.05) is 0 Å². The minimum Gasteiger partial charge on any atom is -0.481 e. The van der Waals surface area contributed by atoms with Gasteiger partial charge in [-0.25, -0.2) is 29.5 Å². The lowest BCUT2D eigenvalue weighted by molar-refractivity contribution is -0.140. The summed E-state index contributed by atoms with van der Waals surface area (Å²) in [6.07, 6.45) is 7.24. The van der Waals surface area contributed by atoms with Crippen molar-refractivity contribution in [1.82, 2.24) is 19.9 Å². The van der Waals surface area contributed by atoms with Crippen molar-refractivity contribution in [2.75, 3.05) is 58.3 Å². The van der Waals surface area contributed by atoms with Crippen molar-refractivity contribution in [3.05, 3.63) is 36.2 Å². The van der Waals surface area contributed by atoms with Gasteiger partial charge in [0, 0.05) is 64.8 Å². The average molecular weight is 521 g/mol. The number of hydrogen-bond acceptors (Lipinski definition) is 13. The molecule has 0 aliphatic rings. The number of rotatable bonds is 12. The summed E-state index contributed by atoms with van der Waals surface area (Å²) in [5, 5.41) is 8.56. The summed E-state index contributed by atoms with van der Waals surface area (Å²) >= 11 is 0. The van der Waals surface area contributed by atoms with Crippen molar-refractivity contribution in [3.8, 4) is 0 Å². The lowest BCUT2D eigenvalue weighted by Gasteiger charge is -2.19. The Morgan fingerprint density at radius 2 is 1.11 bits per heavy atom. The first-order chi connectivity index (χ1) is 17.7. The number of aliphatic carboxylic acids is 1. The largest absolute Gasteiger partial charge is 0.481 e. The van der Waals surface area contributed by atoms with E-state index in [9.17, 15) is 19.2 Å². The normalized spacial score (nSPS) is 9.86. The third-order valence-corrected chi connectivity index (χ3v) is 4.82. The van der Waals surface area contributed by atoms with Crippen LogP contribution in [-0.2, 0) is 23.8 Å². The molecule has 0 aromatic carbocycles. The van der Waals surface area contributed by atoms with E-state index in [2.05, 4.69) is 34.1 Å². The highest BCUT2D eigenvalue weighted by molar-refractivity contribution is 5.93. The van der Waals surface area contributed by atoms with Gasteiger partial charge in [-0.2, -0.15) is 0 Å². The standard InChI is InChI=1S/C12H17N3O4.C11H15N3O4/c1-15(8-4-5-9(16)18-2)11-10(12(17)19-3)13-6-7-14-11;1-14(7-3-4-8(15)16)10-9(11(17)18-2)12-5-6-13-10/h6-7H,4-5,8H2,1-3H3;5-6H,3-4,7H2,1-2H3,(H,15,16). The molecule has 14 heteroatoms. The van der Waals surface area contributed by atoms with E-state index in [1.807, 2.05) is 0 Å². The third-order valence-electron chi connectivity index (χ3n) is 4.82. The topological polar surface area (TPSA) is 174 Å². The number of esters is 3. The molecule has 0 aliphatic heterocycles. The monoisotopic (exact) mass is 520 g/mol. The Bertz CT molecular complexity index is 1050. The Labute approximate surface area is 214 Å². The molecule has 0 amide bonds. The summed E-state index contributed by atoms with van der Waals surface area (Å²) < 4.78 is 13.8. The van der Waals surface area contributed by atoms with Crippen LogP contribution in [0.1, 0.15) is 46.7 Å². The molecule has 2 rings (SSSR count). The van der Waals surface area contributed by atoms with Crippen molar-refractivity contribution in [1.29, 1.82) is 0 Å². The molecule has 0 spiro atoms. The fraction of sp³-hybridized carbons (Fsp3) is 0.478. The molecular weight excluding hydrogens is 488 g/mol. The summed E-state index contributed by atoms with van der Waals surface area (Å²) in [7, 11) is 7.40. The molecule has 202 valence electrons. The molecule has 0 unspecified atom stereocenters. The lowest BCUT2D eigenvalue weighted by atomic mass is 10.3. The Kier molecular flexibility index (Phi) is 13.5. The maximum atomic E-state index is 11.5. The van der Waals surface area contributed by atoms with Crippen molar-refractivity contribution < 1.29 is 38.5 Å². The lowest BCUT2D eigenvalue weighted by Crippen LogP contribution is -2.24. The molecule has 0 saturated carbocycles. The van der Waals surface area contributed by atoms with E-state index in [1.165, 1.54) is 46.1 Å². The van der Waals surface area contributed by atoms with Gasteiger partial charge in [-0.3, -0.25) is 9.59 Å². The van der Waals surface area contributed by atoms with Crippen LogP contribution in [-0.4, -0.2) is 97.4 Å². The van der Waals surface area contributed by atoms with Crippen molar-refractivity contribution in [2.45, 2.75) is 25.7 Å². The van der Waals surface area contributed by atoms with E-state index in [0.717, 1.165) is 0 Å². The van der Waals surface area contributed by atoms with Crippen LogP contribution in [0.25, 0.3) is 0 Å². The fourth-order valence-corrected chi connectivity index (χ4v) is 2.94. The minimum atomic E-state index is -0.851. The van der Waals surface area contributed by atoms with Gasteiger partial charge in [0.25, 0.3) is 0 Å². The molecular formula is C23H32N6O8. The van der Waals surface area contributed by atoms with E-state index in [0.29, 0.717) is 44.0 Å². The quantitative estimate of drug-likeness (QED) is 0.312. The second-order valence-corrected chi connectivity index (χ2v) is 7.46. The molecule has 1 N–H and O–H groups in total. The molecule has 0 radical (unpaired) electrons.